The van der Waals surface area contributed by atoms with E-state index in [0.29, 0.717) is 17.7 Å². The van der Waals surface area contributed by atoms with Gasteiger partial charge in [0.2, 0.25) is 0 Å². The predicted molar refractivity (Wildman–Crippen MR) is 85.7 cm³/mol. The van der Waals surface area contributed by atoms with Gasteiger partial charge in [0.05, 0.1) is 18.4 Å². The van der Waals surface area contributed by atoms with Gasteiger partial charge in [0, 0.05) is 10.7 Å². The fourth-order valence-electron chi connectivity index (χ4n) is 3.00. The lowest BCUT2D eigenvalue weighted by Gasteiger charge is -2.34. The highest BCUT2D eigenvalue weighted by molar-refractivity contribution is 9.10. The van der Waals surface area contributed by atoms with Crippen molar-refractivity contribution < 1.29 is 14.6 Å². The largest absolute Gasteiger partial charge is 0.465 e. The Morgan fingerprint density at radius 1 is 1.36 bits per heavy atom. The standard InChI is InChI=1S/C17H16BrNO3/c1-22-16(20)12-4-6-14-11(9-12)3-2-8-17(14,21)15-7-5-13(18)10-19-15/h4-7,9-10,21H,2-3,8H2,1H3/t17-/m1/s1. The monoisotopic (exact) mass is 361 g/mol. The molecule has 1 aliphatic rings. The number of fused-ring (bicyclic) bond motifs is 1. The maximum absolute atomic E-state index is 11.7. The number of halogens is 1. The zero-order valence-electron chi connectivity index (χ0n) is 12.2. The van der Waals surface area contributed by atoms with Crippen molar-refractivity contribution in [1.29, 1.82) is 0 Å². The molecule has 1 aromatic carbocycles. The molecule has 114 valence electrons. The summed E-state index contributed by atoms with van der Waals surface area (Å²) in [5.41, 5.74) is 1.82. The lowest BCUT2D eigenvalue weighted by Crippen LogP contribution is -2.33. The Bertz CT molecular complexity index is 714. The summed E-state index contributed by atoms with van der Waals surface area (Å²) in [5, 5.41) is 11.2. The van der Waals surface area contributed by atoms with Gasteiger partial charge in [0.25, 0.3) is 0 Å². The first-order valence-corrected chi connectivity index (χ1v) is 7.90. The van der Waals surface area contributed by atoms with Gasteiger partial charge >= 0.3 is 5.97 Å². The number of rotatable bonds is 2. The van der Waals surface area contributed by atoms with Crippen molar-refractivity contribution in [1.82, 2.24) is 4.98 Å². The molecule has 1 heterocycles. The molecule has 1 aromatic heterocycles. The van der Waals surface area contributed by atoms with Crippen molar-refractivity contribution in [2.24, 2.45) is 0 Å². The normalized spacial score (nSPS) is 20.3. The van der Waals surface area contributed by atoms with E-state index in [-0.39, 0.29) is 5.97 Å². The third kappa shape index (κ3) is 2.55. The summed E-state index contributed by atoms with van der Waals surface area (Å²) in [4.78, 5) is 16.0. The highest BCUT2D eigenvalue weighted by Crippen LogP contribution is 2.40. The molecule has 4 nitrogen and oxygen atoms in total. The molecule has 1 atom stereocenters. The summed E-state index contributed by atoms with van der Waals surface area (Å²) < 4.78 is 5.63. The van der Waals surface area contributed by atoms with Crippen molar-refractivity contribution in [3.05, 3.63) is 63.4 Å². The molecule has 0 aliphatic heterocycles. The van der Waals surface area contributed by atoms with Crippen LogP contribution in [0.2, 0.25) is 0 Å². The quantitative estimate of drug-likeness (QED) is 0.834. The van der Waals surface area contributed by atoms with Gasteiger partial charge in [-0.1, -0.05) is 6.07 Å². The minimum atomic E-state index is -1.11. The van der Waals surface area contributed by atoms with Crippen LogP contribution in [0, 0.1) is 0 Å². The van der Waals surface area contributed by atoms with Gasteiger partial charge in [0.1, 0.15) is 5.60 Å². The van der Waals surface area contributed by atoms with Crippen LogP contribution in [-0.2, 0) is 16.8 Å². The van der Waals surface area contributed by atoms with E-state index in [1.807, 2.05) is 24.3 Å². The molecule has 0 unspecified atom stereocenters. The van der Waals surface area contributed by atoms with Crippen molar-refractivity contribution in [3.63, 3.8) is 0 Å². The molecule has 1 N–H and O–H groups in total. The number of esters is 1. The molecule has 3 rings (SSSR count). The van der Waals surface area contributed by atoms with E-state index in [0.717, 1.165) is 28.4 Å². The summed E-state index contributed by atoms with van der Waals surface area (Å²) in [6, 6.07) is 9.01. The molecule has 22 heavy (non-hydrogen) atoms. The number of carbonyl (C=O) groups excluding carboxylic acids is 1. The van der Waals surface area contributed by atoms with Gasteiger partial charge in [0.15, 0.2) is 0 Å². The number of hydrogen-bond acceptors (Lipinski definition) is 4. The van der Waals surface area contributed by atoms with Crippen LogP contribution in [0.15, 0.2) is 41.0 Å². The average Bonchev–Trinajstić information content (AvgIpc) is 2.54. The minimum Gasteiger partial charge on any atom is -0.465 e. The SMILES string of the molecule is COC(=O)c1ccc2c(c1)CCC[C@]2(O)c1ccc(Br)cn1. The molecule has 0 saturated carbocycles. The summed E-state index contributed by atoms with van der Waals surface area (Å²) in [6.45, 7) is 0. The fraction of sp³-hybridized carbons (Fsp3) is 0.294. The topological polar surface area (TPSA) is 59.4 Å². The lowest BCUT2D eigenvalue weighted by atomic mass is 9.76. The van der Waals surface area contributed by atoms with Crippen LogP contribution >= 0.6 is 15.9 Å². The number of benzene rings is 1. The maximum atomic E-state index is 11.7. The zero-order chi connectivity index (χ0) is 15.7. The smallest absolute Gasteiger partial charge is 0.337 e. The first kappa shape index (κ1) is 15.2. The summed E-state index contributed by atoms with van der Waals surface area (Å²) in [5.74, 6) is -0.362. The second-order valence-electron chi connectivity index (χ2n) is 5.44. The molecule has 5 heteroatoms. The van der Waals surface area contributed by atoms with Crippen LogP contribution in [0.3, 0.4) is 0 Å². The van der Waals surface area contributed by atoms with E-state index >= 15 is 0 Å². The number of aliphatic hydroxyl groups is 1. The Hall–Kier alpha value is -1.72. The Morgan fingerprint density at radius 3 is 2.86 bits per heavy atom. The molecule has 0 radical (unpaired) electrons. The predicted octanol–water partition coefficient (Wildman–Crippen LogP) is 3.20. The molecule has 0 bridgehead atoms. The lowest BCUT2D eigenvalue weighted by molar-refractivity contribution is 0.0559. The van der Waals surface area contributed by atoms with Crippen LogP contribution in [0.25, 0.3) is 0 Å². The Labute approximate surface area is 137 Å². The van der Waals surface area contributed by atoms with Gasteiger partial charge in [-0.2, -0.15) is 0 Å². The number of hydrogen-bond donors (Lipinski definition) is 1. The second-order valence-corrected chi connectivity index (χ2v) is 6.35. The molecular formula is C17H16BrNO3. The van der Waals surface area contributed by atoms with Gasteiger partial charge in [-0.3, -0.25) is 4.98 Å². The molecule has 1 aliphatic carbocycles. The third-order valence-corrected chi connectivity index (χ3v) is 4.58. The molecular weight excluding hydrogens is 346 g/mol. The van der Waals surface area contributed by atoms with Gasteiger partial charge < -0.3 is 9.84 Å². The molecule has 0 spiro atoms. The Balaban J connectivity index is 2.07. The first-order valence-electron chi connectivity index (χ1n) is 7.11. The summed E-state index contributed by atoms with van der Waals surface area (Å²) >= 11 is 3.36. The second kappa shape index (κ2) is 5.82. The van der Waals surface area contributed by atoms with Gasteiger partial charge in [-0.05, 0) is 70.6 Å². The summed E-state index contributed by atoms with van der Waals surface area (Å²) in [7, 11) is 1.36. The number of nitrogens with zero attached hydrogens (tertiary/aromatic N) is 1. The molecule has 2 aromatic rings. The fourth-order valence-corrected chi connectivity index (χ4v) is 3.24. The van der Waals surface area contributed by atoms with E-state index in [2.05, 4.69) is 20.9 Å². The van der Waals surface area contributed by atoms with Crippen molar-refractivity contribution in [2.75, 3.05) is 7.11 Å². The average molecular weight is 362 g/mol. The van der Waals surface area contributed by atoms with E-state index in [1.165, 1.54) is 7.11 Å². The number of aromatic nitrogens is 1. The van der Waals surface area contributed by atoms with Gasteiger partial charge in [-0.15, -0.1) is 0 Å². The van der Waals surface area contributed by atoms with E-state index < -0.39 is 5.60 Å². The van der Waals surface area contributed by atoms with E-state index in [1.54, 1.807) is 12.3 Å². The Kier molecular flexibility index (Phi) is 4.02. The molecule has 0 saturated heterocycles. The summed E-state index contributed by atoms with van der Waals surface area (Å²) in [6.07, 6.45) is 3.97. The van der Waals surface area contributed by atoms with Crippen molar-refractivity contribution >= 4 is 21.9 Å². The molecule has 0 fully saturated rings. The highest BCUT2D eigenvalue weighted by Gasteiger charge is 2.37. The number of aryl methyl sites for hydroxylation is 1. The van der Waals surface area contributed by atoms with Gasteiger partial charge in [-0.25, -0.2) is 4.79 Å². The van der Waals surface area contributed by atoms with Crippen LogP contribution in [0.1, 0.15) is 40.0 Å². The minimum absolute atomic E-state index is 0.362. The number of carbonyl (C=O) groups is 1. The first-order chi connectivity index (χ1) is 10.5. The molecule has 0 amide bonds. The number of ether oxygens (including phenoxy) is 1. The van der Waals surface area contributed by atoms with Crippen LogP contribution < -0.4 is 0 Å². The highest BCUT2D eigenvalue weighted by atomic mass is 79.9. The number of methoxy groups -OCH3 is 1. The number of pyridine rings is 1. The van der Waals surface area contributed by atoms with Crippen LogP contribution in [0.5, 0.6) is 0 Å². The van der Waals surface area contributed by atoms with Crippen molar-refractivity contribution in [3.8, 4) is 0 Å². The van der Waals surface area contributed by atoms with Crippen molar-refractivity contribution in [2.45, 2.75) is 24.9 Å². The maximum Gasteiger partial charge on any atom is 0.337 e. The van der Waals surface area contributed by atoms with Crippen LogP contribution in [-0.4, -0.2) is 23.2 Å². The third-order valence-electron chi connectivity index (χ3n) is 4.11. The van der Waals surface area contributed by atoms with E-state index in [9.17, 15) is 9.90 Å². The zero-order valence-corrected chi connectivity index (χ0v) is 13.8. The van der Waals surface area contributed by atoms with E-state index in [4.69, 9.17) is 4.74 Å². The Morgan fingerprint density at radius 2 is 2.18 bits per heavy atom. The van der Waals surface area contributed by atoms with Crippen LogP contribution in [0.4, 0.5) is 0 Å².